The summed E-state index contributed by atoms with van der Waals surface area (Å²) in [5.74, 6) is -0.537. The number of thiazole rings is 1. The molecule has 0 aliphatic heterocycles. The Hall–Kier alpha value is -1.52. The molecule has 0 unspecified atom stereocenters. The van der Waals surface area contributed by atoms with Crippen LogP contribution >= 0.6 is 22.9 Å². The van der Waals surface area contributed by atoms with Crippen molar-refractivity contribution in [2.45, 2.75) is 10.6 Å². The van der Waals surface area contributed by atoms with E-state index in [-0.39, 0.29) is 14.4 Å². The maximum Gasteiger partial charge on any atom is 0.573 e. The van der Waals surface area contributed by atoms with Crippen LogP contribution in [0.25, 0.3) is 0 Å². The quantitative estimate of drug-likeness (QED) is 0.908. The Morgan fingerprint density at radius 2 is 2.05 bits per heavy atom. The topological polar surface area (TPSA) is 68.3 Å². The van der Waals surface area contributed by atoms with Crippen LogP contribution in [0, 0.1) is 0 Å². The van der Waals surface area contributed by atoms with Crippen LogP contribution in [-0.4, -0.2) is 19.8 Å². The highest BCUT2D eigenvalue weighted by Crippen LogP contribution is 2.28. The van der Waals surface area contributed by atoms with Gasteiger partial charge in [-0.3, -0.25) is 4.72 Å². The predicted molar refractivity (Wildman–Crippen MR) is 71.1 cm³/mol. The van der Waals surface area contributed by atoms with Gasteiger partial charge in [0.1, 0.15) is 5.75 Å². The third kappa shape index (κ3) is 4.48. The summed E-state index contributed by atoms with van der Waals surface area (Å²) >= 11 is 6.26. The lowest BCUT2D eigenvalue weighted by molar-refractivity contribution is -0.274. The fourth-order valence-electron chi connectivity index (χ4n) is 1.33. The highest BCUT2D eigenvalue weighted by molar-refractivity contribution is 7.94. The number of hydrogen-bond donors (Lipinski definition) is 1. The average molecular weight is 359 g/mol. The number of rotatable bonds is 4. The van der Waals surface area contributed by atoms with Crippen molar-refractivity contribution in [3.05, 3.63) is 34.9 Å². The number of sulfonamides is 1. The number of alkyl halides is 3. The first-order valence-electron chi connectivity index (χ1n) is 5.16. The maximum absolute atomic E-state index is 12.1. The third-order valence-electron chi connectivity index (χ3n) is 2.04. The van der Waals surface area contributed by atoms with Crippen molar-refractivity contribution in [2.24, 2.45) is 0 Å². The van der Waals surface area contributed by atoms with Crippen molar-refractivity contribution >= 4 is 38.6 Å². The zero-order valence-corrected chi connectivity index (χ0v) is 12.3. The van der Waals surface area contributed by atoms with E-state index in [2.05, 4.69) is 14.4 Å². The molecule has 21 heavy (non-hydrogen) atoms. The summed E-state index contributed by atoms with van der Waals surface area (Å²) in [4.78, 5) is 3.58. The minimum absolute atomic E-state index is 0.0320. The SMILES string of the molecule is O=S(=O)(Nc1cccc(OC(F)(F)F)c1)c1cnc(Cl)s1. The third-order valence-corrected chi connectivity index (χ3v) is 5.00. The lowest BCUT2D eigenvalue weighted by Crippen LogP contribution is -2.17. The molecule has 0 saturated heterocycles. The van der Waals surface area contributed by atoms with E-state index in [9.17, 15) is 21.6 Å². The number of benzene rings is 1. The first-order chi connectivity index (χ1) is 9.66. The van der Waals surface area contributed by atoms with Crippen LogP contribution in [0.4, 0.5) is 18.9 Å². The normalized spacial score (nSPS) is 12.2. The van der Waals surface area contributed by atoms with Crippen LogP contribution in [0.2, 0.25) is 4.47 Å². The zero-order valence-electron chi connectivity index (χ0n) is 9.89. The van der Waals surface area contributed by atoms with E-state index < -0.39 is 22.1 Å². The van der Waals surface area contributed by atoms with E-state index in [0.717, 1.165) is 29.7 Å². The first-order valence-corrected chi connectivity index (χ1v) is 7.83. The molecule has 5 nitrogen and oxygen atoms in total. The summed E-state index contributed by atoms with van der Waals surface area (Å²) in [6.07, 6.45) is -3.81. The van der Waals surface area contributed by atoms with Crippen LogP contribution in [0.5, 0.6) is 5.75 Å². The smallest absolute Gasteiger partial charge is 0.406 e. The zero-order chi connectivity index (χ0) is 15.7. The van der Waals surface area contributed by atoms with Crippen LogP contribution in [0.3, 0.4) is 0 Å². The summed E-state index contributed by atoms with van der Waals surface area (Å²) in [5.41, 5.74) is -0.0822. The molecule has 1 N–H and O–H groups in total. The van der Waals surface area contributed by atoms with Gasteiger partial charge in [-0.1, -0.05) is 29.0 Å². The second kappa shape index (κ2) is 5.70. The van der Waals surface area contributed by atoms with Gasteiger partial charge in [0.2, 0.25) is 0 Å². The monoisotopic (exact) mass is 358 g/mol. The van der Waals surface area contributed by atoms with Crippen molar-refractivity contribution in [1.82, 2.24) is 4.98 Å². The van der Waals surface area contributed by atoms with Gasteiger partial charge in [-0.15, -0.1) is 13.2 Å². The molecule has 1 aromatic heterocycles. The van der Waals surface area contributed by atoms with Crippen molar-refractivity contribution in [2.75, 3.05) is 4.72 Å². The van der Waals surface area contributed by atoms with Crippen LogP contribution in [-0.2, 0) is 10.0 Å². The molecule has 0 aliphatic rings. The Morgan fingerprint density at radius 3 is 2.62 bits per heavy atom. The van der Waals surface area contributed by atoms with Crippen molar-refractivity contribution in [3.8, 4) is 5.75 Å². The second-order valence-electron chi connectivity index (χ2n) is 3.61. The van der Waals surface area contributed by atoms with Gasteiger partial charge in [0.25, 0.3) is 10.0 Å². The molecule has 114 valence electrons. The summed E-state index contributed by atoms with van der Waals surface area (Å²) in [7, 11) is -3.97. The van der Waals surface area contributed by atoms with Crippen molar-refractivity contribution < 1.29 is 26.3 Å². The van der Waals surface area contributed by atoms with Crippen molar-refractivity contribution in [3.63, 3.8) is 0 Å². The fourth-order valence-corrected chi connectivity index (χ4v) is 3.67. The van der Waals surface area contributed by atoms with Crippen LogP contribution in [0.15, 0.2) is 34.7 Å². The second-order valence-corrected chi connectivity index (χ2v) is 7.14. The number of anilines is 1. The predicted octanol–water partition coefficient (Wildman–Crippen LogP) is 3.50. The van der Waals surface area contributed by atoms with Gasteiger partial charge < -0.3 is 4.74 Å². The molecule has 0 radical (unpaired) electrons. The first kappa shape index (κ1) is 15.9. The Kier molecular flexibility index (Phi) is 4.30. The molecule has 0 amide bonds. The van der Waals surface area contributed by atoms with E-state index >= 15 is 0 Å². The van der Waals surface area contributed by atoms with Gasteiger partial charge in [0, 0.05) is 6.07 Å². The molecule has 11 heteroatoms. The van der Waals surface area contributed by atoms with Crippen LogP contribution in [0.1, 0.15) is 0 Å². The molecule has 0 saturated carbocycles. The number of nitrogens with one attached hydrogen (secondary N) is 1. The highest BCUT2D eigenvalue weighted by atomic mass is 35.5. The standard InChI is InChI=1S/C10H6ClF3N2O3S2/c11-9-15-5-8(20-9)21(17,18)16-6-2-1-3-7(4-6)19-10(12,13)14/h1-5,16H. The number of halogens is 4. The lowest BCUT2D eigenvalue weighted by Gasteiger charge is -2.10. The van der Waals surface area contributed by atoms with Crippen LogP contribution < -0.4 is 9.46 Å². The van der Waals surface area contributed by atoms with E-state index in [1.165, 1.54) is 12.1 Å². The summed E-state index contributed by atoms with van der Waals surface area (Å²) in [6.45, 7) is 0. The maximum atomic E-state index is 12.1. The molecule has 2 rings (SSSR count). The average Bonchev–Trinajstić information content (AvgIpc) is 2.74. The molecule has 0 atom stereocenters. The van der Waals surface area contributed by atoms with Gasteiger partial charge in [-0.25, -0.2) is 13.4 Å². The van der Waals surface area contributed by atoms with Gasteiger partial charge >= 0.3 is 6.36 Å². The molecule has 2 aromatic rings. The molecule has 1 aromatic carbocycles. The lowest BCUT2D eigenvalue weighted by atomic mass is 10.3. The van der Waals surface area contributed by atoms with Gasteiger partial charge in [0.05, 0.1) is 11.9 Å². The Morgan fingerprint density at radius 1 is 1.33 bits per heavy atom. The molecule has 1 heterocycles. The fraction of sp³-hybridized carbons (Fsp3) is 0.100. The van der Waals surface area contributed by atoms with Gasteiger partial charge in [0.15, 0.2) is 8.68 Å². The molecular formula is C10H6ClF3N2O3S2. The van der Waals surface area contributed by atoms with Gasteiger partial charge in [-0.2, -0.15) is 0 Å². The molecular weight excluding hydrogens is 353 g/mol. The minimum Gasteiger partial charge on any atom is -0.406 e. The van der Waals surface area contributed by atoms with Gasteiger partial charge in [-0.05, 0) is 12.1 Å². The molecule has 0 aliphatic carbocycles. The molecule has 0 fully saturated rings. The number of nitrogens with zero attached hydrogens (tertiary/aromatic N) is 1. The van der Waals surface area contributed by atoms with Crippen molar-refractivity contribution in [1.29, 1.82) is 0 Å². The molecule has 0 bridgehead atoms. The number of aromatic nitrogens is 1. The largest absolute Gasteiger partial charge is 0.573 e. The van der Waals surface area contributed by atoms with E-state index in [4.69, 9.17) is 11.6 Å². The van der Waals surface area contributed by atoms with E-state index in [1.54, 1.807) is 0 Å². The van der Waals surface area contributed by atoms with E-state index in [0.29, 0.717) is 0 Å². The number of ether oxygens (including phenoxy) is 1. The highest BCUT2D eigenvalue weighted by Gasteiger charge is 2.31. The molecule has 0 spiro atoms. The van der Waals surface area contributed by atoms with E-state index in [1.807, 2.05) is 0 Å². The number of hydrogen-bond acceptors (Lipinski definition) is 5. The Balaban J connectivity index is 2.22. The Bertz CT molecular complexity index is 746. The summed E-state index contributed by atoms with van der Waals surface area (Å²) in [5, 5.41) is 0. The summed E-state index contributed by atoms with van der Waals surface area (Å²) < 4.78 is 65.9. The Labute approximate surface area is 126 Å². The minimum atomic E-state index is -4.86. The summed E-state index contributed by atoms with van der Waals surface area (Å²) in [6, 6.07) is 4.46.